The Bertz CT molecular complexity index is 110. The minimum atomic E-state index is 1.04. The summed E-state index contributed by atoms with van der Waals surface area (Å²) in [6, 6.07) is 0. The minimum absolute atomic E-state index is 1.04. The molecule has 1 unspecified atom stereocenters. The van der Waals surface area contributed by atoms with Gasteiger partial charge >= 0.3 is 109 Å². The van der Waals surface area contributed by atoms with Crippen molar-refractivity contribution in [3.63, 3.8) is 0 Å². The van der Waals surface area contributed by atoms with E-state index in [0.29, 0.717) is 0 Å². The Balaban J connectivity index is 2.87. The van der Waals surface area contributed by atoms with Gasteiger partial charge in [-0.15, -0.1) is 0 Å². The molecule has 0 heterocycles. The summed E-state index contributed by atoms with van der Waals surface area (Å²) in [6.45, 7) is 4.68. The summed E-state index contributed by atoms with van der Waals surface area (Å²) in [7, 11) is 0. The van der Waals surface area contributed by atoms with Crippen LogP contribution in [-0.2, 0) is 0 Å². The van der Waals surface area contributed by atoms with Crippen LogP contribution in [0.15, 0.2) is 0 Å². The van der Waals surface area contributed by atoms with Crippen LogP contribution in [-0.4, -0.2) is 27.9 Å². The molecule has 15 heavy (non-hydrogen) atoms. The fourth-order valence-electron chi connectivity index (χ4n) is 2.04. The van der Waals surface area contributed by atoms with Crippen LogP contribution in [0.2, 0.25) is 3.17 Å². The van der Waals surface area contributed by atoms with Gasteiger partial charge in [0.05, 0.1) is 0 Å². The van der Waals surface area contributed by atoms with Crippen LogP contribution in [0.4, 0.5) is 0 Å². The van der Waals surface area contributed by atoms with Gasteiger partial charge in [-0.05, 0) is 0 Å². The van der Waals surface area contributed by atoms with Crippen LogP contribution in [0.3, 0.4) is 0 Å². The summed E-state index contributed by atoms with van der Waals surface area (Å²) in [5.41, 5.74) is 0. The van der Waals surface area contributed by atoms with E-state index in [4.69, 9.17) is 0 Å². The second-order valence-electron chi connectivity index (χ2n) is 5.36. The molecule has 1 atom stereocenters. The molecule has 0 spiro atoms. The molecule has 0 aromatic rings. The Morgan fingerprint density at radius 2 is 1.13 bits per heavy atom. The molecule has 1 heteroatoms. The molecule has 0 bridgehead atoms. The zero-order valence-corrected chi connectivity index (χ0v) is 13.4. The van der Waals surface area contributed by atoms with E-state index in [-0.39, 0.29) is 0 Å². The standard InChI is InChI=1S/C14H29.Na/c1-3-5-7-9-11-13-14-12-10-8-6-4-2;/h3H,4-14H2,1-2H3;. The Kier molecular flexibility index (Phi) is 13.9. The second kappa shape index (κ2) is 13.1. The van der Waals surface area contributed by atoms with Crippen LogP contribution in [0.1, 0.15) is 84.5 Å². The maximum absolute atomic E-state index is 2.39. The topological polar surface area (TPSA) is 0 Å². The summed E-state index contributed by atoms with van der Waals surface area (Å²) < 4.78 is 1.04. The second-order valence-corrected chi connectivity index (χ2v) is 7.34. The predicted octanol–water partition coefficient (Wildman–Crippen LogP) is 5.27. The van der Waals surface area contributed by atoms with Crippen molar-refractivity contribution in [2.75, 3.05) is 0 Å². The third kappa shape index (κ3) is 15.0. The number of hydrogen-bond acceptors (Lipinski definition) is 0. The molecule has 0 N–H and O–H groups in total. The SMILES string of the molecule is CCCCCCCCCCCC[CH](C)[Na]. The average molecular weight is 220 g/mol. The third-order valence-electron chi connectivity index (χ3n) is 3.14. The van der Waals surface area contributed by atoms with Crippen LogP contribution < -0.4 is 0 Å². The maximum atomic E-state index is 2.39. The van der Waals surface area contributed by atoms with E-state index in [9.17, 15) is 0 Å². The first-order chi connectivity index (χ1) is 7.27. The van der Waals surface area contributed by atoms with Crippen molar-refractivity contribution in [2.45, 2.75) is 87.6 Å². The first-order valence-corrected chi connectivity index (χ1v) is 8.42. The fraction of sp³-hybridized carbons (Fsp3) is 1.00. The summed E-state index contributed by atoms with van der Waals surface area (Å²) in [6.07, 6.45) is 16.2. The zero-order chi connectivity index (χ0) is 11.4. The van der Waals surface area contributed by atoms with Crippen molar-refractivity contribution in [3.8, 4) is 0 Å². The molecule has 0 rings (SSSR count). The molecule has 0 saturated heterocycles. The molecule has 0 amide bonds. The molecular formula is C14H29Na. The van der Waals surface area contributed by atoms with Gasteiger partial charge in [0.2, 0.25) is 0 Å². The van der Waals surface area contributed by atoms with Gasteiger partial charge in [0.1, 0.15) is 0 Å². The van der Waals surface area contributed by atoms with Crippen molar-refractivity contribution in [1.82, 2.24) is 0 Å². The van der Waals surface area contributed by atoms with Gasteiger partial charge in [-0.1, -0.05) is 6.92 Å². The first-order valence-electron chi connectivity index (χ1n) is 7.27. The van der Waals surface area contributed by atoms with E-state index in [2.05, 4.69) is 13.8 Å². The van der Waals surface area contributed by atoms with E-state index in [1.54, 1.807) is 0 Å². The molecule has 0 radical (unpaired) electrons. The fourth-order valence-corrected chi connectivity index (χ4v) is 2.45. The van der Waals surface area contributed by atoms with Crippen molar-refractivity contribution in [3.05, 3.63) is 0 Å². The summed E-state index contributed by atoms with van der Waals surface area (Å²) in [4.78, 5) is 0. The van der Waals surface area contributed by atoms with E-state index >= 15 is 0 Å². The molecule has 0 aromatic heterocycles. The molecule has 0 aromatic carbocycles. The van der Waals surface area contributed by atoms with Crippen LogP contribution in [0, 0.1) is 0 Å². The normalized spacial score (nSPS) is 13.1. The molecule has 0 aliphatic rings. The number of hydrogen-bond donors (Lipinski definition) is 0. The molecule has 0 fully saturated rings. The van der Waals surface area contributed by atoms with Crippen LogP contribution >= 0.6 is 0 Å². The van der Waals surface area contributed by atoms with Gasteiger partial charge < -0.3 is 0 Å². The Morgan fingerprint density at radius 3 is 1.53 bits per heavy atom. The van der Waals surface area contributed by atoms with Crippen LogP contribution in [0.5, 0.6) is 0 Å². The molecule has 86 valence electrons. The van der Waals surface area contributed by atoms with Gasteiger partial charge in [-0.25, -0.2) is 0 Å². The van der Waals surface area contributed by atoms with Gasteiger partial charge in [0.25, 0.3) is 0 Å². The van der Waals surface area contributed by atoms with Gasteiger partial charge in [0, 0.05) is 0 Å². The zero-order valence-electron chi connectivity index (χ0n) is 11.4. The molecule has 0 nitrogen and oxygen atoms in total. The third-order valence-corrected chi connectivity index (χ3v) is 3.71. The summed E-state index contributed by atoms with van der Waals surface area (Å²) >= 11 is 1.39. The van der Waals surface area contributed by atoms with Crippen molar-refractivity contribution in [1.29, 1.82) is 0 Å². The van der Waals surface area contributed by atoms with Crippen molar-refractivity contribution < 1.29 is 0 Å². The molecule has 0 saturated carbocycles. The number of unbranched alkanes of at least 4 members (excludes halogenated alkanes) is 9. The van der Waals surface area contributed by atoms with Gasteiger partial charge in [-0.3, -0.25) is 0 Å². The predicted molar refractivity (Wildman–Crippen MR) is 71.6 cm³/mol. The Hall–Kier alpha value is 1.00. The van der Waals surface area contributed by atoms with E-state index in [1.165, 1.54) is 98.6 Å². The number of rotatable bonds is 11. The Morgan fingerprint density at radius 1 is 0.733 bits per heavy atom. The molecule has 0 aliphatic heterocycles. The first kappa shape index (κ1) is 16.0. The quantitative estimate of drug-likeness (QED) is 0.328. The molecular weight excluding hydrogens is 191 g/mol. The van der Waals surface area contributed by atoms with E-state index in [0.717, 1.165) is 3.17 Å². The van der Waals surface area contributed by atoms with Gasteiger partial charge in [0.15, 0.2) is 0 Å². The van der Waals surface area contributed by atoms with Crippen molar-refractivity contribution in [2.24, 2.45) is 0 Å². The monoisotopic (exact) mass is 220 g/mol. The molecule has 0 aliphatic carbocycles. The van der Waals surface area contributed by atoms with Crippen LogP contribution in [0.25, 0.3) is 0 Å². The average Bonchev–Trinajstić information content (AvgIpc) is 2.20. The summed E-state index contributed by atoms with van der Waals surface area (Å²) in [5.74, 6) is 0. The van der Waals surface area contributed by atoms with E-state index < -0.39 is 0 Å². The van der Waals surface area contributed by atoms with Crippen molar-refractivity contribution >= 4 is 27.9 Å². The van der Waals surface area contributed by atoms with E-state index in [1.807, 2.05) is 0 Å². The van der Waals surface area contributed by atoms with Gasteiger partial charge in [-0.2, -0.15) is 0 Å². The summed E-state index contributed by atoms with van der Waals surface area (Å²) in [5, 5.41) is 0. The Labute approximate surface area is 115 Å².